The molecule has 1 aromatic heterocycles. The zero-order valence-corrected chi connectivity index (χ0v) is 16.9. The van der Waals surface area contributed by atoms with E-state index in [1.54, 1.807) is 14.2 Å². The van der Waals surface area contributed by atoms with Crippen molar-refractivity contribution in [1.82, 2.24) is 15.1 Å². The average molecular weight is 391 g/mol. The van der Waals surface area contributed by atoms with Gasteiger partial charge in [-0.25, -0.2) is 0 Å². The Bertz CT molecular complexity index is 1010. The minimum Gasteiger partial charge on any atom is -0.493 e. The van der Waals surface area contributed by atoms with E-state index in [0.29, 0.717) is 23.7 Å². The number of benzene rings is 2. The van der Waals surface area contributed by atoms with Gasteiger partial charge in [-0.1, -0.05) is 49.7 Å². The van der Waals surface area contributed by atoms with Gasteiger partial charge in [0, 0.05) is 17.7 Å². The Morgan fingerprint density at radius 3 is 2.52 bits per heavy atom. The SMILES string of the molecule is CCCCN1C(=O)c2[nH]nc(-c3ccccc3)c2C1c1ccc(OC)c(OC)c1. The molecule has 0 saturated heterocycles. The fourth-order valence-electron chi connectivity index (χ4n) is 3.94. The number of nitrogens with one attached hydrogen (secondary N) is 1. The zero-order chi connectivity index (χ0) is 20.4. The van der Waals surface area contributed by atoms with E-state index in [4.69, 9.17) is 9.47 Å². The van der Waals surface area contributed by atoms with E-state index in [9.17, 15) is 4.79 Å². The molecule has 0 radical (unpaired) electrons. The van der Waals surface area contributed by atoms with Gasteiger partial charge >= 0.3 is 0 Å². The van der Waals surface area contributed by atoms with Gasteiger partial charge < -0.3 is 14.4 Å². The van der Waals surface area contributed by atoms with Gasteiger partial charge in [-0.2, -0.15) is 5.10 Å². The zero-order valence-electron chi connectivity index (χ0n) is 16.9. The number of rotatable bonds is 7. The van der Waals surface area contributed by atoms with Gasteiger partial charge in [0.25, 0.3) is 5.91 Å². The number of aromatic amines is 1. The molecule has 1 aliphatic heterocycles. The largest absolute Gasteiger partial charge is 0.493 e. The molecule has 1 N–H and O–H groups in total. The molecule has 0 fully saturated rings. The van der Waals surface area contributed by atoms with Crippen LogP contribution >= 0.6 is 0 Å². The van der Waals surface area contributed by atoms with Crippen LogP contribution in [0.3, 0.4) is 0 Å². The predicted molar refractivity (Wildman–Crippen MR) is 111 cm³/mol. The highest BCUT2D eigenvalue weighted by molar-refractivity contribution is 6.00. The summed E-state index contributed by atoms with van der Waals surface area (Å²) in [7, 11) is 3.24. The second kappa shape index (κ2) is 7.99. The summed E-state index contributed by atoms with van der Waals surface area (Å²) in [4.78, 5) is 15.1. The number of unbranched alkanes of at least 4 members (excludes halogenated alkanes) is 1. The molecule has 1 amide bonds. The number of hydrogen-bond donors (Lipinski definition) is 1. The molecular weight excluding hydrogens is 366 g/mol. The summed E-state index contributed by atoms with van der Waals surface area (Å²) < 4.78 is 10.9. The first kappa shape index (κ1) is 19.1. The summed E-state index contributed by atoms with van der Waals surface area (Å²) in [6, 6.07) is 15.6. The maximum atomic E-state index is 13.2. The van der Waals surface area contributed by atoms with Crippen molar-refractivity contribution in [1.29, 1.82) is 0 Å². The van der Waals surface area contributed by atoms with Gasteiger partial charge in [0.15, 0.2) is 11.5 Å². The molecule has 4 rings (SSSR count). The lowest BCUT2D eigenvalue weighted by Gasteiger charge is -2.27. The van der Waals surface area contributed by atoms with E-state index >= 15 is 0 Å². The molecule has 1 aliphatic rings. The second-order valence-corrected chi connectivity index (χ2v) is 7.10. The number of H-pyrrole nitrogens is 1. The van der Waals surface area contributed by atoms with Crippen molar-refractivity contribution in [2.45, 2.75) is 25.8 Å². The van der Waals surface area contributed by atoms with Crippen LogP contribution < -0.4 is 9.47 Å². The third-order valence-corrected chi connectivity index (χ3v) is 5.39. The van der Waals surface area contributed by atoms with E-state index in [1.807, 2.05) is 53.4 Å². The van der Waals surface area contributed by atoms with E-state index in [2.05, 4.69) is 17.1 Å². The van der Waals surface area contributed by atoms with Crippen LogP contribution in [0.4, 0.5) is 0 Å². The molecule has 0 aliphatic carbocycles. The van der Waals surface area contributed by atoms with Gasteiger partial charge in [0.1, 0.15) is 5.69 Å². The minimum absolute atomic E-state index is 0.0112. The predicted octanol–water partition coefficient (Wildman–Crippen LogP) is 4.44. The van der Waals surface area contributed by atoms with Crippen molar-refractivity contribution in [3.8, 4) is 22.8 Å². The van der Waals surface area contributed by atoms with E-state index < -0.39 is 0 Å². The van der Waals surface area contributed by atoms with Crippen LogP contribution in [-0.4, -0.2) is 41.8 Å². The molecule has 3 aromatic rings. The third-order valence-electron chi connectivity index (χ3n) is 5.39. The van der Waals surface area contributed by atoms with Gasteiger partial charge in [-0.05, 0) is 24.1 Å². The average Bonchev–Trinajstić information content (AvgIpc) is 3.31. The number of carbonyl (C=O) groups excluding carboxylic acids is 1. The molecule has 6 nitrogen and oxygen atoms in total. The fourth-order valence-corrected chi connectivity index (χ4v) is 3.94. The van der Waals surface area contributed by atoms with Crippen LogP contribution in [0.25, 0.3) is 11.3 Å². The summed E-state index contributed by atoms with van der Waals surface area (Å²) in [5.74, 6) is 1.30. The Kier molecular flexibility index (Phi) is 5.25. The van der Waals surface area contributed by atoms with Crippen LogP contribution in [0, 0.1) is 0 Å². The summed E-state index contributed by atoms with van der Waals surface area (Å²) in [5.41, 5.74) is 4.27. The number of carbonyl (C=O) groups is 1. The number of fused-ring (bicyclic) bond motifs is 1. The molecule has 0 saturated carbocycles. The van der Waals surface area contributed by atoms with Crippen LogP contribution in [-0.2, 0) is 0 Å². The second-order valence-electron chi connectivity index (χ2n) is 7.10. The maximum Gasteiger partial charge on any atom is 0.273 e. The number of amides is 1. The number of hydrogen-bond acceptors (Lipinski definition) is 4. The van der Waals surface area contributed by atoms with Gasteiger partial charge in [-0.15, -0.1) is 0 Å². The van der Waals surface area contributed by atoms with Crippen molar-refractivity contribution in [3.05, 3.63) is 65.4 Å². The van der Waals surface area contributed by atoms with Gasteiger partial charge in [-0.3, -0.25) is 9.89 Å². The van der Waals surface area contributed by atoms with Crippen LogP contribution in [0.1, 0.15) is 47.4 Å². The Morgan fingerprint density at radius 1 is 1.07 bits per heavy atom. The number of methoxy groups -OCH3 is 2. The molecule has 6 heteroatoms. The highest BCUT2D eigenvalue weighted by Crippen LogP contribution is 2.44. The van der Waals surface area contributed by atoms with Crippen LogP contribution in [0.2, 0.25) is 0 Å². The number of ether oxygens (including phenoxy) is 2. The first-order valence-electron chi connectivity index (χ1n) is 9.86. The summed E-state index contributed by atoms with van der Waals surface area (Å²) in [6.07, 6.45) is 1.95. The van der Waals surface area contributed by atoms with Gasteiger partial charge in [0.2, 0.25) is 0 Å². The van der Waals surface area contributed by atoms with Crippen LogP contribution in [0.5, 0.6) is 11.5 Å². The van der Waals surface area contributed by atoms with Crippen molar-refractivity contribution in [2.24, 2.45) is 0 Å². The molecular formula is C23H25N3O3. The Morgan fingerprint density at radius 2 is 1.83 bits per heavy atom. The molecule has 0 spiro atoms. The first-order valence-corrected chi connectivity index (χ1v) is 9.86. The topological polar surface area (TPSA) is 67.5 Å². The lowest BCUT2D eigenvalue weighted by Crippen LogP contribution is -2.30. The Hall–Kier alpha value is -3.28. The molecule has 29 heavy (non-hydrogen) atoms. The highest BCUT2D eigenvalue weighted by atomic mass is 16.5. The fraction of sp³-hybridized carbons (Fsp3) is 0.304. The Labute approximate surface area is 170 Å². The third kappa shape index (κ3) is 3.24. The maximum absolute atomic E-state index is 13.2. The monoisotopic (exact) mass is 391 g/mol. The van der Waals surface area contributed by atoms with E-state index in [-0.39, 0.29) is 11.9 Å². The van der Waals surface area contributed by atoms with Crippen molar-refractivity contribution >= 4 is 5.91 Å². The van der Waals surface area contributed by atoms with E-state index in [1.165, 1.54) is 0 Å². The summed E-state index contributed by atoms with van der Waals surface area (Å²) in [6.45, 7) is 2.81. The molecule has 2 aromatic carbocycles. The van der Waals surface area contributed by atoms with E-state index in [0.717, 1.165) is 35.2 Å². The summed E-state index contributed by atoms with van der Waals surface area (Å²) in [5, 5.41) is 7.49. The molecule has 0 bridgehead atoms. The van der Waals surface area contributed by atoms with Gasteiger partial charge in [0.05, 0.1) is 26.0 Å². The lowest BCUT2D eigenvalue weighted by molar-refractivity contribution is 0.0741. The molecule has 1 atom stereocenters. The molecule has 2 heterocycles. The quantitative estimate of drug-likeness (QED) is 0.647. The standard InChI is InChI=1S/C23H25N3O3/c1-4-5-13-26-22(16-11-12-17(28-2)18(14-16)29-3)19-20(15-9-7-6-8-10-15)24-25-21(19)23(26)27/h6-12,14,22H,4-5,13H2,1-3H3,(H,24,25). The van der Waals surface area contributed by atoms with Crippen LogP contribution in [0.15, 0.2) is 48.5 Å². The molecule has 1 unspecified atom stereocenters. The lowest BCUT2D eigenvalue weighted by atomic mass is 9.95. The minimum atomic E-state index is -0.224. The number of aromatic nitrogens is 2. The van der Waals surface area contributed by atoms with Crippen molar-refractivity contribution in [2.75, 3.05) is 20.8 Å². The summed E-state index contributed by atoms with van der Waals surface area (Å²) >= 11 is 0. The Balaban J connectivity index is 1.87. The number of nitrogens with zero attached hydrogens (tertiary/aromatic N) is 2. The first-order chi connectivity index (χ1) is 14.2. The normalized spacial score (nSPS) is 15.5. The van der Waals surface area contributed by atoms with Crippen molar-refractivity contribution in [3.63, 3.8) is 0 Å². The molecule has 150 valence electrons. The van der Waals surface area contributed by atoms with Crippen molar-refractivity contribution < 1.29 is 14.3 Å². The highest BCUT2D eigenvalue weighted by Gasteiger charge is 2.42. The smallest absolute Gasteiger partial charge is 0.273 e.